The van der Waals surface area contributed by atoms with Gasteiger partial charge in [-0.25, -0.2) is 0 Å². The Kier molecular flexibility index (Phi) is 45.2. The van der Waals surface area contributed by atoms with Crippen LogP contribution in [0.15, 0.2) is 60.8 Å². The zero-order valence-corrected chi connectivity index (χ0v) is 43.6. The molecule has 65 heavy (non-hydrogen) atoms. The average Bonchev–Trinajstić information content (AvgIpc) is 3.26. The minimum absolute atomic E-state index is 0.0343. The van der Waals surface area contributed by atoms with Crippen LogP contribution in [0, 0.1) is 0 Å². The fourth-order valence-electron chi connectivity index (χ4n) is 7.21. The number of hydrogen-bond acceptors (Lipinski definition) is 8. The van der Waals surface area contributed by atoms with Gasteiger partial charge in [-0.3, -0.25) is 14.2 Å². The fourth-order valence-corrected chi connectivity index (χ4v) is 7.94. The Morgan fingerprint density at radius 3 is 1.31 bits per heavy atom. The maximum atomic E-state index is 12.8. The average molecular weight is 934 g/mol. The van der Waals surface area contributed by atoms with Crippen LogP contribution in [0.4, 0.5) is 0 Å². The van der Waals surface area contributed by atoms with Crippen molar-refractivity contribution in [2.45, 2.75) is 232 Å². The molecule has 10 heteroatoms. The summed E-state index contributed by atoms with van der Waals surface area (Å²) in [6, 6.07) is 0. The predicted octanol–water partition coefficient (Wildman–Crippen LogP) is 15.3. The molecule has 0 aliphatic heterocycles. The molecule has 0 heterocycles. The van der Waals surface area contributed by atoms with E-state index in [2.05, 4.69) is 74.6 Å². The van der Waals surface area contributed by atoms with Crippen molar-refractivity contribution in [2.24, 2.45) is 0 Å². The summed E-state index contributed by atoms with van der Waals surface area (Å²) in [5, 5.41) is 0. The lowest BCUT2D eigenvalue weighted by atomic mass is 10.0. The van der Waals surface area contributed by atoms with E-state index in [1.807, 2.05) is 21.1 Å². The number of ether oxygens (including phenoxy) is 2. The maximum absolute atomic E-state index is 12.8. The summed E-state index contributed by atoms with van der Waals surface area (Å²) in [4.78, 5) is 37.8. The van der Waals surface area contributed by atoms with Gasteiger partial charge in [-0.1, -0.05) is 216 Å². The molecular formula is C55H100NO8P. The predicted molar refractivity (Wildman–Crippen MR) is 273 cm³/mol. The molecule has 0 aromatic carbocycles. The molecule has 0 radical (unpaired) electrons. The minimum atomic E-state index is -4.64. The van der Waals surface area contributed by atoms with E-state index in [0.717, 1.165) is 77.0 Å². The number of likely N-dealkylation sites (N-methyl/N-ethyl adjacent to an activating group) is 1. The monoisotopic (exact) mass is 934 g/mol. The van der Waals surface area contributed by atoms with Gasteiger partial charge >= 0.3 is 11.9 Å². The number of allylic oxidation sites excluding steroid dienone is 10. The molecule has 2 unspecified atom stereocenters. The van der Waals surface area contributed by atoms with Crippen molar-refractivity contribution in [3.8, 4) is 0 Å². The third kappa shape index (κ3) is 51.0. The number of hydrogen-bond donors (Lipinski definition) is 0. The minimum Gasteiger partial charge on any atom is -0.756 e. The molecule has 0 bridgehead atoms. The highest BCUT2D eigenvalue weighted by molar-refractivity contribution is 7.45. The van der Waals surface area contributed by atoms with E-state index >= 15 is 0 Å². The molecule has 0 spiro atoms. The molecule has 0 saturated heterocycles. The van der Waals surface area contributed by atoms with Gasteiger partial charge < -0.3 is 27.9 Å². The first-order valence-corrected chi connectivity index (χ1v) is 28.0. The number of rotatable bonds is 48. The van der Waals surface area contributed by atoms with Crippen molar-refractivity contribution in [3.05, 3.63) is 60.8 Å². The van der Waals surface area contributed by atoms with Gasteiger partial charge in [0.25, 0.3) is 7.82 Å². The van der Waals surface area contributed by atoms with Gasteiger partial charge in [0, 0.05) is 12.8 Å². The molecule has 378 valence electrons. The van der Waals surface area contributed by atoms with Crippen molar-refractivity contribution in [2.75, 3.05) is 47.5 Å². The smallest absolute Gasteiger partial charge is 0.306 e. The van der Waals surface area contributed by atoms with Crippen molar-refractivity contribution < 1.29 is 42.1 Å². The first-order valence-electron chi connectivity index (χ1n) is 26.5. The Balaban J connectivity index is 4.26. The highest BCUT2D eigenvalue weighted by Crippen LogP contribution is 2.38. The lowest BCUT2D eigenvalue weighted by molar-refractivity contribution is -0.870. The van der Waals surface area contributed by atoms with E-state index in [1.165, 1.54) is 116 Å². The lowest BCUT2D eigenvalue weighted by Crippen LogP contribution is -2.37. The van der Waals surface area contributed by atoms with Crippen LogP contribution in [0.3, 0.4) is 0 Å². The van der Waals surface area contributed by atoms with Crippen LogP contribution in [0.25, 0.3) is 0 Å². The van der Waals surface area contributed by atoms with Gasteiger partial charge in [-0.15, -0.1) is 0 Å². The Morgan fingerprint density at radius 2 is 0.877 bits per heavy atom. The normalized spacial score (nSPS) is 13.9. The molecule has 0 fully saturated rings. The van der Waals surface area contributed by atoms with Crippen molar-refractivity contribution in [1.82, 2.24) is 0 Å². The molecule has 0 amide bonds. The molecular weight excluding hydrogens is 834 g/mol. The van der Waals surface area contributed by atoms with Gasteiger partial charge in [0.2, 0.25) is 0 Å². The van der Waals surface area contributed by atoms with Crippen molar-refractivity contribution in [3.63, 3.8) is 0 Å². The number of esters is 2. The van der Waals surface area contributed by atoms with Crippen molar-refractivity contribution in [1.29, 1.82) is 0 Å². The van der Waals surface area contributed by atoms with E-state index < -0.39 is 26.5 Å². The summed E-state index contributed by atoms with van der Waals surface area (Å²) in [6.07, 6.45) is 58.2. The zero-order valence-electron chi connectivity index (χ0n) is 42.7. The number of unbranched alkanes of at least 4 members (excludes halogenated alkanes) is 24. The molecule has 0 N–H and O–H groups in total. The third-order valence-corrected chi connectivity index (χ3v) is 12.3. The van der Waals surface area contributed by atoms with Gasteiger partial charge in [0.05, 0.1) is 27.7 Å². The van der Waals surface area contributed by atoms with Crippen LogP contribution < -0.4 is 4.89 Å². The van der Waals surface area contributed by atoms with E-state index in [0.29, 0.717) is 17.4 Å². The Labute approximate surface area is 400 Å². The molecule has 0 aliphatic carbocycles. The highest BCUT2D eigenvalue weighted by atomic mass is 31.2. The van der Waals surface area contributed by atoms with Crippen LogP contribution in [-0.4, -0.2) is 70.0 Å². The number of quaternary nitrogens is 1. The topological polar surface area (TPSA) is 111 Å². The van der Waals surface area contributed by atoms with E-state index in [4.69, 9.17) is 18.5 Å². The quantitative estimate of drug-likeness (QED) is 0.0195. The molecule has 0 rings (SSSR count). The largest absolute Gasteiger partial charge is 0.756 e. The molecule has 2 atom stereocenters. The summed E-state index contributed by atoms with van der Waals surface area (Å²) in [5.74, 6) is -0.841. The standard InChI is InChI=1S/C55H100NO8P/c1-6-8-10-12-14-16-18-20-22-24-26-27-28-29-30-32-34-36-38-40-42-44-46-48-55(58)64-53(52-63-65(59,60)62-50-49-56(3,4)5)51-61-54(57)47-45-43-41-39-37-35-33-31-25-23-21-19-17-15-13-11-9-7-2/h8,10,14,16,20,22,26-27,29-30,53H,6-7,9,11-13,15,17-19,21,23-25,28,31-52H2,1-5H3/b10-8-,16-14-,22-20-,27-26-,30-29-. The maximum Gasteiger partial charge on any atom is 0.306 e. The lowest BCUT2D eigenvalue weighted by Gasteiger charge is -2.28. The van der Waals surface area contributed by atoms with E-state index in [9.17, 15) is 19.0 Å². The zero-order chi connectivity index (χ0) is 47.8. The van der Waals surface area contributed by atoms with Gasteiger partial charge in [0.15, 0.2) is 6.10 Å². The number of carbonyl (C=O) groups excluding carboxylic acids is 2. The van der Waals surface area contributed by atoms with E-state index in [1.54, 1.807) is 0 Å². The molecule has 0 aromatic heterocycles. The van der Waals surface area contributed by atoms with Crippen LogP contribution in [-0.2, 0) is 32.7 Å². The Morgan fingerprint density at radius 1 is 0.492 bits per heavy atom. The second-order valence-electron chi connectivity index (χ2n) is 18.9. The number of nitrogens with zero attached hydrogens (tertiary/aromatic N) is 1. The fraction of sp³-hybridized carbons (Fsp3) is 0.782. The third-order valence-electron chi connectivity index (χ3n) is 11.3. The molecule has 9 nitrogen and oxygen atoms in total. The second kappa shape index (κ2) is 46.8. The van der Waals surface area contributed by atoms with Crippen LogP contribution in [0.2, 0.25) is 0 Å². The van der Waals surface area contributed by atoms with Gasteiger partial charge in [-0.2, -0.15) is 0 Å². The summed E-state index contributed by atoms with van der Waals surface area (Å²) in [6.45, 7) is 4.13. The SMILES string of the molecule is CC/C=C\C/C=C\C/C=C\C/C=C\C/C=C\CCCCCCCCCC(=O)OC(COC(=O)CCCCCCCCCCCCCCCCCCCC)COP(=O)([O-])OCC[N+](C)(C)C. The van der Waals surface area contributed by atoms with E-state index in [-0.39, 0.29) is 32.0 Å². The Bertz CT molecular complexity index is 1290. The van der Waals surface area contributed by atoms with Gasteiger partial charge in [-0.05, 0) is 57.8 Å². The Hall–Kier alpha value is -2.29. The number of phosphoric acid groups is 1. The highest BCUT2D eigenvalue weighted by Gasteiger charge is 2.21. The summed E-state index contributed by atoms with van der Waals surface area (Å²) in [5.41, 5.74) is 0. The molecule has 0 saturated carbocycles. The summed E-state index contributed by atoms with van der Waals surface area (Å²) >= 11 is 0. The van der Waals surface area contributed by atoms with Crippen molar-refractivity contribution >= 4 is 19.8 Å². The van der Waals surface area contributed by atoms with Crippen LogP contribution >= 0.6 is 7.82 Å². The second-order valence-corrected chi connectivity index (χ2v) is 20.3. The molecule has 0 aromatic rings. The van der Waals surface area contributed by atoms with Crippen LogP contribution in [0.5, 0.6) is 0 Å². The van der Waals surface area contributed by atoms with Gasteiger partial charge in [0.1, 0.15) is 19.8 Å². The number of carbonyl (C=O) groups is 2. The molecule has 0 aliphatic rings. The first kappa shape index (κ1) is 62.7. The summed E-state index contributed by atoms with van der Waals surface area (Å²) < 4.78 is 34.1. The van der Waals surface area contributed by atoms with Crippen LogP contribution in [0.1, 0.15) is 226 Å². The number of phosphoric ester groups is 1. The summed E-state index contributed by atoms with van der Waals surface area (Å²) in [7, 11) is 1.16. The first-order chi connectivity index (χ1) is 31.5.